The number of hydrogen-bond donors (Lipinski definition) is 2. The van der Waals surface area contributed by atoms with Gasteiger partial charge >= 0.3 is 6.03 Å². The molecule has 0 aliphatic heterocycles. The fourth-order valence-electron chi connectivity index (χ4n) is 2.34. The van der Waals surface area contributed by atoms with Crippen LogP contribution in [0.15, 0.2) is 48.5 Å². The van der Waals surface area contributed by atoms with Crippen LogP contribution in [0.25, 0.3) is 0 Å². The van der Waals surface area contributed by atoms with Gasteiger partial charge in [0.15, 0.2) is 0 Å². The number of benzene rings is 2. The molecule has 24 heavy (non-hydrogen) atoms. The SMILES string of the molecule is COc1ccc(C(CNC(=O)Nc2ccccc2F)N(C)C)cc1. The average Bonchev–Trinajstić information content (AvgIpc) is 2.57. The van der Waals surface area contributed by atoms with Crippen LogP contribution in [0.3, 0.4) is 0 Å². The third-order valence-corrected chi connectivity index (χ3v) is 3.70. The Bertz CT molecular complexity index is 674. The number of urea groups is 1. The summed E-state index contributed by atoms with van der Waals surface area (Å²) >= 11 is 0. The number of likely N-dealkylation sites (N-methyl/N-ethyl adjacent to an activating group) is 1. The Morgan fingerprint density at radius 2 is 1.83 bits per heavy atom. The summed E-state index contributed by atoms with van der Waals surface area (Å²) in [5.41, 5.74) is 1.20. The van der Waals surface area contributed by atoms with Crippen LogP contribution in [0.1, 0.15) is 11.6 Å². The topological polar surface area (TPSA) is 53.6 Å². The van der Waals surface area contributed by atoms with Crippen molar-refractivity contribution in [3.05, 3.63) is 59.9 Å². The fourth-order valence-corrected chi connectivity index (χ4v) is 2.34. The lowest BCUT2D eigenvalue weighted by atomic mass is 10.1. The van der Waals surface area contributed by atoms with E-state index in [0.29, 0.717) is 6.54 Å². The number of ether oxygens (including phenoxy) is 1. The van der Waals surface area contributed by atoms with Crippen molar-refractivity contribution in [2.75, 3.05) is 33.1 Å². The van der Waals surface area contributed by atoms with Crippen LogP contribution in [0, 0.1) is 5.82 Å². The molecule has 0 fully saturated rings. The van der Waals surface area contributed by atoms with E-state index in [4.69, 9.17) is 4.74 Å². The Morgan fingerprint density at radius 1 is 1.17 bits per heavy atom. The maximum absolute atomic E-state index is 13.6. The minimum atomic E-state index is -0.466. The Morgan fingerprint density at radius 3 is 2.42 bits per heavy atom. The molecule has 0 spiro atoms. The first-order valence-corrected chi connectivity index (χ1v) is 7.61. The van der Waals surface area contributed by atoms with Crippen molar-refractivity contribution < 1.29 is 13.9 Å². The van der Waals surface area contributed by atoms with Crippen molar-refractivity contribution in [3.8, 4) is 5.75 Å². The van der Waals surface area contributed by atoms with E-state index in [1.165, 1.54) is 12.1 Å². The van der Waals surface area contributed by atoms with E-state index in [1.807, 2.05) is 43.3 Å². The highest BCUT2D eigenvalue weighted by molar-refractivity contribution is 5.89. The van der Waals surface area contributed by atoms with Gasteiger partial charge in [-0.3, -0.25) is 0 Å². The van der Waals surface area contributed by atoms with Gasteiger partial charge in [-0.1, -0.05) is 24.3 Å². The van der Waals surface area contributed by atoms with Gasteiger partial charge in [0.2, 0.25) is 0 Å². The van der Waals surface area contributed by atoms with Gasteiger partial charge in [0.25, 0.3) is 0 Å². The van der Waals surface area contributed by atoms with Gasteiger partial charge in [0.05, 0.1) is 18.8 Å². The monoisotopic (exact) mass is 331 g/mol. The highest BCUT2D eigenvalue weighted by atomic mass is 19.1. The second-order valence-electron chi connectivity index (χ2n) is 5.57. The summed E-state index contributed by atoms with van der Waals surface area (Å²) in [5, 5.41) is 5.29. The number of anilines is 1. The summed E-state index contributed by atoms with van der Waals surface area (Å²) in [4.78, 5) is 14.0. The number of amides is 2. The van der Waals surface area contributed by atoms with Crippen LogP contribution >= 0.6 is 0 Å². The van der Waals surface area contributed by atoms with E-state index in [2.05, 4.69) is 10.6 Å². The Hall–Kier alpha value is -2.60. The largest absolute Gasteiger partial charge is 0.497 e. The molecule has 128 valence electrons. The number of rotatable bonds is 6. The third-order valence-electron chi connectivity index (χ3n) is 3.70. The van der Waals surface area contributed by atoms with Gasteiger partial charge in [-0.05, 0) is 43.9 Å². The van der Waals surface area contributed by atoms with Crippen molar-refractivity contribution >= 4 is 11.7 Å². The van der Waals surface area contributed by atoms with Crippen LogP contribution < -0.4 is 15.4 Å². The number of nitrogens with one attached hydrogen (secondary N) is 2. The molecule has 2 N–H and O–H groups in total. The molecule has 0 aliphatic carbocycles. The molecule has 0 saturated heterocycles. The second kappa shape index (κ2) is 8.31. The summed E-state index contributed by atoms with van der Waals surface area (Å²) in [6.45, 7) is 0.389. The molecule has 0 radical (unpaired) electrons. The quantitative estimate of drug-likeness (QED) is 0.854. The maximum Gasteiger partial charge on any atom is 0.319 e. The highest BCUT2D eigenvalue weighted by Crippen LogP contribution is 2.20. The standard InChI is InChI=1S/C18H22FN3O2/c1-22(2)17(13-8-10-14(24-3)11-9-13)12-20-18(23)21-16-7-5-4-6-15(16)19/h4-11,17H,12H2,1-3H3,(H2,20,21,23). The number of carbonyl (C=O) groups is 1. The first kappa shape index (κ1) is 17.7. The molecule has 0 aromatic heterocycles. The number of methoxy groups -OCH3 is 1. The van der Waals surface area contributed by atoms with Gasteiger partial charge in [0, 0.05) is 6.54 Å². The van der Waals surface area contributed by atoms with Crippen molar-refractivity contribution in [3.63, 3.8) is 0 Å². The predicted molar refractivity (Wildman–Crippen MR) is 92.8 cm³/mol. The number of para-hydroxylation sites is 1. The lowest BCUT2D eigenvalue weighted by molar-refractivity contribution is 0.243. The van der Waals surface area contributed by atoms with Crippen LogP contribution in [-0.2, 0) is 0 Å². The molecule has 2 aromatic carbocycles. The number of hydrogen-bond acceptors (Lipinski definition) is 3. The van der Waals surface area contributed by atoms with Crippen LogP contribution in [-0.4, -0.2) is 38.7 Å². The molecule has 0 saturated carbocycles. The number of carbonyl (C=O) groups excluding carboxylic acids is 1. The van der Waals surface area contributed by atoms with Gasteiger partial charge in [-0.25, -0.2) is 9.18 Å². The second-order valence-corrected chi connectivity index (χ2v) is 5.57. The van der Waals surface area contributed by atoms with Crippen LogP contribution in [0.2, 0.25) is 0 Å². The van der Waals surface area contributed by atoms with Gasteiger partial charge in [-0.15, -0.1) is 0 Å². The lowest BCUT2D eigenvalue weighted by Crippen LogP contribution is -2.37. The van der Waals surface area contributed by atoms with E-state index < -0.39 is 11.8 Å². The van der Waals surface area contributed by atoms with E-state index in [-0.39, 0.29) is 11.7 Å². The summed E-state index contributed by atoms with van der Waals surface area (Å²) in [6, 6.07) is 13.3. The molecule has 6 heteroatoms. The minimum absolute atomic E-state index is 0.0118. The van der Waals surface area contributed by atoms with Crippen LogP contribution in [0.4, 0.5) is 14.9 Å². The zero-order valence-corrected chi connectivity index (χ0v) is 14.0. The molecule has 1 atom stereocenters. The highest BCUT2D eigenvalue weighted by Gasteiger charge is 2.16. The number of halogens is 1. The number of nitrogens with zero attached hydrogens (tertiary/aromatic N) is 1. The molecular formula is C18H22FN3O2. The first-order chi connectivity index (χ1) is 11.5. The van der Waals surface area contributed by atoms with E-state index in [9.17, 15) is 9.18 Å². The smallest absolute Gasteiger partial charge is 0.319 e. The molecule has 2 rings (SSSR count). The minimum Gasteiger partial charge on any atom is -0.497 e. The normalized spacial score (nSPS) is 11.9. The van der Waals surface area contributed by atoms with Gasteiger partial charge < -0.3 is 20.3 Å². The molecule has 0 aliphatic rings. The molecule has 2 amide bonds. The van der Waals surface area contributed by atoms with E-state index in [0.717, 1.165) is 11.3 Å². The first-order valence-electron chi connectivity index (χ1n) is 7.61. The Kier molecular flexibility index (Phi) is 6.14. The summed E-state index contributed by atoms with van der Waals surface area (Å²) in [7, 11) is 5.49. The molecular weight excluding hydrogens is 309 g/mol. The fraction of sp³-hybridized carbons (Fsp3) is 0.278. The molecule has 0 bridgehead atoms. The summed E-state index contributed by atoms with van der Waals surface area (Å²) in [5.74, 6) is 0.313. The van der Waals surface area contributed by atoms with E-state index >= 15 is 0 Å². The third kappa shape index (κ3) is 4.70. The van der Waals surface area contributed by atoms with Gasteiger partial charge in [0.1, 0.15) is 11.6 Å². The summed E-state index contributed by atoms with van der Waals surface area (Å²) < 4.78 is 18.7. The zero-order valence-electron chi connectivity index (χ0n) is 14.0. The van der Waals surface area contributed by atoms with Crippen LogP contribution in [0.5, 0.6) is 5.75 Å². The van der Waals surface area contributed by atoms with Crippen molar-refractivity contribution in [2.24, 2.45) is 0 Å². The predicted octanol–water partition coefficient (Wildman–Crippen LogP) is 3.26. The maximum atomic E-state index is 13.6. The average molecular weight is 331 g/mol. The van der Waals surface area contributed by atoms with Crippen molar-refractivity contribution in [1.82, 2.24) is 10.2 Å². The van der Waals surface area contributed by atoms with Crippen molar-refractivity contribution in [2.45, 2.75) is 6.04 Å². The Labute approximate surface area is 141 Å². The van der Waals surface area contributed by atoms with Gasteiger partial charge in [-0.2, -0.15) is 0 Å². The molecule has 2 aromatic rings. The van der Waals surface area contributed by atoms with Crippen molar-refractivity contribution in [1.29, 1.82) is 0 Å². The molecule has 0 heterocycles. The molecule has 1 unspecified atom stereocenters. The summed E-state index contributed by atoms with van der Waals surface area (Å²) in [6.07, 6.45) is 0. The lowest BCUT2D eigenvalue weighted by Gasteiger charge is -2.25. The molecule has 5 nitrogen and oxygen atoms in total. The zero-order chi connectivity index (χ0) is 17.5. The van der Waals surface area contributed by atoms with E-state index in [1.54, 1.807) is 19.2 Å². The Balaban J connectivity index is 1.98.